The van der Waals surface area contributed by atoms with Gasteiger partial charge in [-0.15, -0.1) is 0 Å². The van der Waals surface area contributed by atoms with E-state index in [2.05, 4.69) is 36.2 Å². The number of primary amides is 1. The van der Waals surface area contributed by atoms with Gasteiger partial charge >= 0.3 is 5.97 Å². The fourth-order valence-electron chi connectivity index (χ4n) is 9.22. The molecule has 17 N–H and O–H groups in total. The molecule has 0 unspecified atom stereocenters. The van der Waals surface area contributed by atoms with Gasteiger partial charge in [0.25, 0.3) is 0 Å². The zero-order valence-electron chi connectivity index (χ0n) is 48.1. The zero-order chi connectivity index (χ0) is 62.3. The molecule has 27 heteroatoms. The number of aliphatic imine (C=N–C) groups is 1. The van der Waals surface area contributed by atoms with Gasteiger partial charge in [0, 0.05) is 68.8 Å². The van der Waals surface area contributed by atoms with Gasteiger partial charge in [-0.05, 0) is 101 Å². The third-order valence-electron chi connectivity index (χ3n) is 13.9. The van der Waals surface area contributed by atoms with Crippen LogP contribution in [0.15, 0.2) is 41.8 Å². The molecule has 0 saturated heterocycles. The highest BCUT2D eigenvalue weighted by Crippen LogP contribution is 2.23. The summed E-state index contributed by atoms with van der Waals surface area (Å²) in [4.78, 5) is 160. The summed E-state index contributed by atoms with van der Waals surface area (Å²) < 4.78 is 0. The maximum absolute atomic E-state index is 14.7. The number of carbonyl (C=O) groups excluding carboxylic acids is 10. The number of aliphatic carboxylic acids is 1. The van der Waals surface area contributed by atoms with Gasteiger partial charge in [-0.2, -0.15) is 11.8 Å². The normalized spacial score (nSPS) is 14.9. The predicted molar refractivity (Wildman–Crippen MR) is 309 cm³/mol. The van der Waals surface area contributed by atoms with Crippen molar-refractivity contribution >= 4 is 82.1 Å². The summed E-state index contributed by atoms with van der Waals surface area (Å²) in [5.74, 6) is -15.0. The number of aliphatic hydroxyl groups excluding tert-OH is 2. The highest BCUT2D eigenvalue weighted by molar-refractivity contribution is 7.98. The van der Waals surface area contributed by atoms with Crippen LogP contribution in [0, 0.1) is 35.5 Å². The number of guanidine groups is 1. The van der Waals surface area contributed by atoms with E-state index in [1.165, 1.54) is 62.4 Å². The van der Waals surface area contributed by atoms with Crippen molar-refractivity contribution in [2.75, 3.05) is 31.7 Å². The number of thioether (sulfide) groups is 1. The van der Waals surface area contributed by atoms with Gasteiger partial charge in [0.2, 0.25) is 29.5 Å². The highest BCUT2D eigenvalue weighted by Gasteiger charge is 2.37. The fraction of sp³-hybridized carbons (Fsp3) is 0.625. The zero-order valence-corrected chi connectivity index (χ0v) is 49.0. The SMILES string of the molecule is CSCC[C@H](NC(=O)[C@H](CO)CC(C)=O)C(=O)C[C@H](C(=O)N[C@@H](CC(=O)O)C(=O)C[C@@H](CCCCN)C(=O)N[C@@H](Cc1ccc(O)cc1)C(=O)C[C@@H](CCCN=C(N)N)C(=O)N[C@@H](CC(C)C)C(=O)C[C@@H](Cc1cnc[nH]1)C(N)=O)[C@@H](C)O. The number of amides is 5. The van der Waals surface area contributed by atoms with Crippen molar-refractivity contribution in [3.8, 4) is 5.75 Å². The van der Waals surface area contributed by atoms with Gasteiger partial charge in [0.1, 0.15) is 11.5 Å². The Kier molecular flexibility index (Phi) is 32.9. The first-order chi connectivity index (χ1) is 39.2. The van der Waals surface area contributed by atoms with E-state index < -0.39 is 151 Å². The van der Waals surface area contributed by atoms with E-state index in [0.717, 1.165) is 0 Å². The highest BCUT2D eigenvalue weighted by atomic mass is 32.2. The van der Waals surface area contributed by atoms with Crippen LogP contribution in [0.3, 0.4) is 0 Å². The number of aromatic amines is 1. The topological polar surface area (TPSA) is 462 Å². The monoisotopic (exact) mass is 1190 g/mol. The van der Waals surface area contributed by atoms with E-state index >= 15 is 0 Å². The molecule has 0 radical (unpaired) electrons. The minimum atomic E-state index is -1.80. The van der Waals surface area contributed by atoms with Crippen molar-refractivity contribution in [1.82, 2.24) is 31.2 Å². The molecule has 5 amide bonds. The number of phenolic OH excluding ortho intramolecular Hbond substituents is 1. The Hall–Kier alpha value is -7.10. The molecule has 1 aromatic heterocycles. The number of benzene rings is 1. The molecule has 1 heterocycles. The lowest BCUT2D eigenvalue weighted by atomic mass is 9.88. The standard InChI is InChI=1S/C56H87N11O15S/c1-31(2)19-43(48(74)25-37(51(58)78)22-39-28-61-30-63-39)65-53(80)36(10-8-17-62-56(59)60)24-46(72)44(21-34-11-13-40(71)14-12-34)66-52(79)35(9-6-7-16-57)23-47(73)45(27-50(76)77)67-55(82)41(33(4)70)26-49(75)42(15-18-83-5)64-54(81)38(29-68)20-32(3)69/h11-14,28,30-31,33,35-38,41-45,68,70-71H,6-10,15-27,29,57H2,1-5H3,(H2,58,78)(H,61,63)(H,64,81)(H,65,80)(H,66,79)(H,67,82)(H,76,77)(H4,59,60,62)/t33-,35-,36-,37-,38+,41+,42+,43+,44+,45+/m1/s1. The lowest BCUT2D eigenvalue weighted by molar-refractivity contribution is -0.142. The second kappa shape index (κ2) is 37.9. The van der Waals surface area contributed by atoms with Crippen LogP contribution >= 0.6 is 11.8 Å². The molecular weight excluding hydrogens is 1100 g/mol. The number of carbonyl (C=O) groups is 11. The van der Waals surface area contributed by atoms with Crippen LogP contribution in [0.25, 0.3) is 0 Å². The third kappa shape index (κ3) is 27.7. The van der Waals surface area contributed by atoms with Crippen LogP contribution in [0.4, 0.5) is 0 Å². The number of imidazole rings is 1. The van der Waals surface area contributed by atoms with Gasteiger partial charge in [-0.1, -0.05) is 32.4 Å². The Morgan fingerprint density at radius 3 is 1.72 bits per heavy atom. The first kappa shape index (κ1) is 72.0. The van der Waals surface area contributed by atoms with Crippen LogP contribution in [0.2, 0.25) is 0 Å². The van der Waals surface area contributed by atoms with E-state index in [9.17, 15) is 73.2 Å². The molecule has 0 saturated carbocycles. The second-order valence-corrected chi connectivity index (χ2v) is 22.4. The minimum absolute atomic E-state index is 0.0139. The fourth-order valence-corrected chi connectivity index (χ4v) is 9.70. The maximum atomic E-state index is 14.7. The maximum Gasteiger partial charge on any atom is 0.305 e. The molecule has 1 aromatic carbocycles. The summed E-state index contributed by atoms with van der Waals surface area (Å²) in [5.41, 5.74) is 23.6. The van der Waals surface area contributed by atoms with Crippen molar-refractivity contribution < 1.29 is 73.2 Å². The van der Waals surface area contributed by atoms with E-state index in [0.29, 0.717) is 23.4 Å². The molecule has 0 spiro atoms. The average Bonchev–Trinajstić information content (AvgIpc) is 3.98. The number of Topliss-reactive ketones (excluding diaryl/α,β-unsaturated/α-hetero) is 5. The average molecular weight is 1190 g/mol. The van der Waals surface area contributed by atoms with E-state index in [4.69, 9.17) is 22.9 Å². The van der Waals surface area contributed by atoms with Crippen LogP contribution in [-0.4, -0.2) is 163 Å². The minimum Gasteiger partial charge on any atom is -0.508 e. The lowest BCUT2D eigenvalue weighted by Crippen LogP contribution is -2.51. The van der Waals surface area contributed by atoms with Gasteiger partial charge in [-0.3, -0.25) is 52.9 Å². The molecule has 26 nitrogen and oxygen atoms in total. The Morgan fingerprint density at radius 2 is 1.20 bits per heavy atom. The Labute approximate surface area is 488 Å². The summed E-state index contributed by atoms with van der Waals surface area (Å²) >= 11 is 1.34. The van der Waals surface area contributed by atoms with E-state index in [1.807, 2.05) is 13.8 Å². The molecule has 462 valence electrons. The number of ketones is 5. The second-order valence-electron chi connectivity index (χ2n) is 21.4. The summed E-state index contributed by atoms with van der Waals surface area (Å²) in [7, 11) is 0. The van der Waals surface area contributed by atoms with E-state index in [1.54, 1.807) is 6.26 Å². The number of carboxylic acid groups (broad SMARTS) is 1. The molecular formula is C56H87N11O15S. The number of H-pyrrole nitrogens is 1. The molecule has 0 bridgehead atoms. The van der Waals surface area contributed by atoms with Gasteiger partial charge in [-0.25, -0.2) is 4.98 Å². The number of carboxylic acids is 1. The first-order valence-electron chi connectivity index (χ1n) is 27.8. The van der Waals surface area contributed by atoms with Crippen molar-refractivity contribution in [3.05, 3.63) is 48.0 Å². The van der Waals surface area contributed by atoms with Crippen molar-refractivity contribution in [3.63, 3.8) is 0 Å². The van der Waals surface area contributed by atoms with Crippen LogP contribution in [0.1, 0.15) is 122 Å². The predicted octanol–water partition coefficient (Wildman–Crippen LogP) is 0.0515. The number of nitrogens with one attached hydrogen (secondary N) is 5. The number of aromatic hydroxyl groups is 1. The van der Waals surface area contributed by atoms with Crippen LogP contribution in [-0.2, 0) is 65.6 Å². The Bertz CT molecular complexity index is 2490. The molecule has 0 aliphatic heterocycles. The van der Waals surface area contributed by atoms with Gasteiger partial charge in [0.05, 0.1) is 67.4 Å². The Morgan fingerprint density at radius 1 is 0.663 bits per heavy atom. The summed E-state index contributed by atoms with van der Waals surface area (Å²) in [6, 6.07) is 0.210. The van der Waals surface area contributed by atoms with Crippen LogP contribution < -0.4 is 44.2 Å². The van der Waals surface area contributed by atoms with Crippen LogP contribution in [0.5, 0.6) is 5.75 Å². The largest absolute Gasteiger partial charge is 0.508 e. The number of nitrogens with two attached hydrogens (primary N) is 4. The van der Waals surface area contributed by atoms with Gasteiger partial charge in [0.15, 0.2) is 29.1 Å². The number of hydrogen-bond donors (Lipinski definition) is 13. The molecule has 83 heavy (non-hydrogen) atoms. The lowest BCUT2D eigenvalue weighted by Gasteiger charge is -2.27. The third-order valence-corrected chi connectivity index (χ3v) is 14.5. The number of unbranched alkanes of at least 4 members (excludes halogenated alkanes) is 1. The molecule has 2 rings (SSSR count). The van der Waals surface area contributed by atoms with Crippen molar-refractivity contribution in [2.24, 2.45) is 63.4 Å². The van der Waals surface area contributed by atoms with Crippen molar-refractivity contribution in [1.29, 1.82) is 0 Å². The smallest absolute Gasteiger partial charge is 0.305 e. The molecule has 2 aromatic rings. The van der Waals surface area contributed by atoms with Gasteiger partial charge < -0.3 is 74.4 Å². The molecule has 0 aliphatic carbocycles. The number of hydrogen-bond acceptors (Lipinski definition) is 18. The Balaban J connectivity index is 2.54. The molecule has 0 fully saturated rings. The van der Waals surface area contributed by atoms with E-state index in [-0.39, 0.29) is 101 Å². The first-order valence-corrected chi connectivity index (χ1v) is 29.2. The molecule has 10 atom stereocenters. The molecule has 0 aliphatic rings. The quantitative estimate of drug-likeness (QED) is 0.0237. The number of nitrogens with zero attached hydrogens (tertiary/aromatic N) is 2. The summed E-state index contributed by atoms with van der Waals surface area (Å²) in [6.45, 7) is 5.66. The number of aromatic nitrogens is 2. The van der Waals surface area contributed by atoms with Crippen molar-refractivity contribution in [2.45, 2.75) is 154 Å². The number of rotatable bonds is 44. The number of aliphatic hydroxyl groups is 2. The number of phenols is 1. The summed E-state index contributed by atoms with van der Waals surface area (Å²) in [5, 5.41) is 51.0. The summed E-state index contributed by atoms with van der Waals surface area (Å²) in [6.07, 6.45) is 0.609.